The molecule has 0 atom stereocenters. The highest BCUT2D eigenvalue weighted by atomic mass is 32.1. The number of aromatic amines is 1. The maximum atomic E-state index is 12.9. The number of nitrogens with zero attached hydrogens (tertiary/aromatic N) is 4. The Morgan fingerprint density at radius 2 is 2.15 bits per heavy atom. The van der Waals surface area contributed by atoms with Gasteiger partial charge in [-0.25, -0.2) is 0 Å². The molecule has 1 fully saturated rings. The number of aromatic nitrogens is 5. The summed E-state index contributed by atoms with van der Waals surface area (Å²) in [6.45, 7) is 0. The first-order valence-corrected chi connectivity index (χ1v) is 9.48. The fourth-order valence-electron chi connectivity index (χ4n) is 3.56. The molecule has 8 nitrogen and oxygen atoms in total. The first-order chi connectivity index (χ1) is 12.6. The molecule has 26 heavy (non-hydrogen) atoms. The quantitative estimate of drug-likeness (QED) is 0.652. The van der Waals surface area contributed by atoms with Gasteiger partial charge in [-0.3, -0.25) is 9.89 Å². The molecule has 0 spiro atoms. The van der Waals surface area contributed by atoms with Crippen LogP contribution in [0.5, 0.6) is 0 Å². The Kier molecular flexibility index (Phi) is 4.23. The van der Waals surface area contributed by atoms with Crippen molar-refractivity contribution in [1.29, 1.82) is 0 Å². The van der Waals surface area contributed by atoms with Gasteiger partial charge < -0.3 is 15.6 Å². The number of H-pyrrole nitrogens is 1. The molecule has 3 aromatic heterocycles. The maximum Gasteiger partial charge on any atom is 0.270 e. The van der Waals surface area contributed by atoms with Crippen LogP contribution in [-0.2, 0) is 12.6 Å². The largest absolute Gasteiger partial charge is 0.374 e. The Hall–Kier alpha value is -2.68. The fourth-order valence-corrected chi connectivity index (χ4v) is 4.37. The molecule has 3 heterocycles. The summed E-state index contributed by atoms with van der Waals surface area (Å²) in [7, 11) is 1.95. The van der Waals surface area contributed by atoms with Crippen LogP contribution in [0.3, 0.4) is 0 Å². The van der Waals surface area contributed by atoms with Gasteiger partial charge in [-0.2, -0.15) is 5.10 Å². The molecule has 0 aliphatic heterocycles. The van der Waals surface area contributed by atoms with Crippen LogP contribution >= 0.6 is 11.3 Å². The van der Waals surface area contributed by atoms with Gasteiger partial charge in [-0.15, -0.1) is 10.2 Å². The van der Waals surface area contributed by atoms with Gasteiger partial charge in [0.25, 0.3) is 5.91 Å². The van der Waals surface area contributed by atoms with Crippen LogP contribution in [0, 0.1) is 0 Å². The van der Waals surface area contributed by atoms with Gasteiger partial charge in [0.15, 0.2) is 0 Å². The number of nitrogen functional groups attached to an aromatic ring is 1. The minimum Gasteiger partial charge on any atom is -0.374 e. The first-order valence-electron chi connectivity index (χ1n) is 8.66. The van der Waals surface area contributed by atoms with Crippen LogP contribution in [0.1, 0.15) is 47.6 Å². The average molecular weight is 371 g/mol. The van der Waals surface area contributed by atoms with E-state index in [1.807, 2.05) is 29.9 Å². The van der Waals surface area contributed by atoms with Crippen molar-refractivity contribution < 1.29 is 4.79 Å². The van der Waals surface area contributed by atoms with Crippen LogP contribution < -0.4 is 11.1 Å². The predicted octanol–water partition coefficient (Wildman–Crippen LogP) is 2.44. The Labute approximate surface area is 154 Å². The minimum absolute atomic E-state index is 0.186. The molecule has 3 aromatic rings. The van der Waals surface area contributed by atoms with E-state index in [4.69, 9.17) is 5.73 Å². The lowest BCUT2D eigenvalue weighted by molar-refractivity contribution is 0.0860. The normalized spacial score (nSPS) is 16.5. The van der Waals surface area contributed by atoms with Crippen molar-refractivity contribution in [2.45, 2.75) is 37.6 Å². The van der Waals surface area contributed by atoms with E-state index in [0.717, 1.165) is 48.5 Å². The number of anilines is 1. The summed E-state index contributed by atoms with van der Waals surface area (Å²) >= 11 is 1.35. The molecule has 0 saturated heterocycles. The molecule has 0 unspecified atom stereocenters. The molecular formula is C17H21N7OS. The third-order valence-electron chi connectivity index (χ3n) is 4.94. The lowest BCUT2D eigenvalue weighted by Crippen LogP contribution is -2.47. The highest BCUT2D eigenvalue weighted by Gasteiger charge is 2.39. The van der Waals surface area contributed by atoms with Crippen molar-refractivity contribution >= 4 is 22.4 Å². The first kappa shape index (κ1) is 16.8. The summed E-state index contributed by atoms with van der Waals surface area (Å²) in [6.07, 6.45) is 6.86. The maximum absolute atomic E-state index is 12.9. The van der Waals surface area contributed by atoms with Gasteiger partial charge in [-0.05, 0) is 31.0 Å². The Balaban J connectivity index is 1.59. The van der Waals surface area contributed by atoms with Gasteiger partial charge >= 0.3 is 0 Å². The van der Waals surface area contributed by atoms with E-state index in [-0.39, 0.29) is 5.91 Å². The third-order valence-corrected chi connectivity index (χ3v) is 5.90. The Morgan fingerprint density at radius 1 is 1.35 bits per heavy atom. The van der Waals surface area contributed by atoms with Gasteiger partial charge in [0.2, 0.25) is 5.13 Å². The van der Waals surface area contributed by atoms with Crippen molar-refractivity contribution in [1.82, 2.24) is 30.3 Å². The molecule has 136 valence electrons. The molecule has 4 N–H and O–H groups in total. The number of aryl methyl sites for hydroxylation is 1. The Bertz CT molecular complexity index is 919. The van der Waals surface area contributed by atoms with E-state index in [0.29, 0.717) is 10.8 Å². The second-order valence-electron chi connectivity index (χ2n) is 6.71. The molecule has 0 radical (unpaired) electrons. The number of nitrogens with one attached hydrogen (secondary N) is 2. The zero-order valence-electron chi connectivity index (χ0n) is 14.5. The second kappa shape index (κ2) is 6.56. The summed E-state index contributed by atoms with van der Waals surface area (Å²) in [5.41, 5.74) is 7.39. The summed E-state index contributed by atoms with van der Waals surface area (Å²) in [5, 5.41) is 19.7. The van der Waals surface area contributed by atoms with E-state index in [1.165, 1.54) is 11.3 Å². The van der Waals surface area contributed by atoms with Gasteiger partial charge in [0.1, 0.15) is 16.4 Å². The van der Waals surface area contributed by atoms with Crippen LogP contribution in [-0.4, -0.2) is 30.9 Å². The third kappa shape index (κ3) is 2.98. The van der Waals surface area contributed by atoms with E-state index in [1.54, 1.807) is 6.07 Å². The van der Waals surface area contributed by atoms with Crippen molar-refractivity contribution in [3.63, 3.8) is 0 Å². The van der Waals surface area contributed by atoms with Crippen LogP contribution in [0.25, 0.3) is 11.4 Å². The molecule has 1 amide bonds. The molecule has 9 heteroatoms. The summed E-state index contributed by atoms with van der Waals surface area (Å²) < 4.78 is 1.96. The van der Waals surface area contributed by atoms with Crippen LogP contribution in [0.2, 0.25) is 0 Å². The standard InChI is InChI=1S/C17H21N7OS/c1-24-9-5-6-13(24)11-10-12(21-20-11)14(25)19-17(7-3-2-4-8-17)15-22-23-16(18)26-15/h5-6,9-10H,2-4,7-8H2,1H3,(H2,18,23)(H,19,25)(H,20,21). The second-order valence-corrected chi connectivity index (χ2v) is 7.72. The van der Waals surface area contributed by atoms with Crippen molar-refractivity contribution in [3.8, 4) is 11.4 Å². The number of hydrogen-bond acceptors (Lipinski definition) is 6. The van der Waals surface area contributed by atoms with E-state index >= 15 is 0 Å². The van der Waals surface area contributed by atoms with Crippen molar-refractivity contribution in [3.05, 3.63) is 35.1 Å². The van der Waals surface area contributed by atoms with E-state index in [9.17, 15) is 4.79 Å². The summed E-state index contributed by atoms with van der Waals surface area (Å²) in [4.78, 5) is 12.9. The van der Waals surface area contributed by atoms with E-state index in [2.05, 4.69) is 25.7 Å². The average Bonchev–Trinajstić information content (AvgIpc) is 3.36. The Morgan fingerprint density at radius 3 is 2.81 bits per heavy atom. The topological polar surface area (TPSA) is 115 Å². The van der Waals surface area contributed by atoms with Crippen molar-refractivity contribution in [2.75, 3.05) is 5.73 Å². The summed E-state index contributed by atoms with van der Waals surface area (Å²) in [6, 6.07) is 5.68. The number of amides is 1. The van der Waals surface area contributed by atoms with Gasteiger partial charge in [-0.1, -0.05) is 30.6 Å². The summed E-state index contributed by atoms with van der Waals surface area (Å²) in [5.74, 6) is -0.186. The minimum atomic E-state index is -0.499. The van der Waals surface area contributed by atoms with Crippen LogP contribution in [0.4, 0.5) is 5.13 Å². The number of carbonyl (C=O) groups is 1. The smallest absolute Gasteiger partial charge is 0.270 e. The molecule has 1 aliphatic rings. The predicted molar refractivity (Wildman–Crippen MR) is 99.5 cm³/mol. The zero-order valence-corrected chi connectivity index (χ0v) is 15.3. The number of nitrogens with two attached hydrogens (primary N) is 1. The number of carbonyl (C=O) groups excluding carboxylic acids is 1. The number of hydrogen-bond donors (Lipinski definition) is 3. The zero-order chi connectivity index (χ0) is 18.1. The molecular weight excluding hydrogens is 350 g/mol. The lowest BCUT2D eigenvalue weighted by Gasteiger charge is -2.35. The molecule has 0 aromatic carbocycles. The molecule has 0 bridgehead atoms. The van der Waals surface area contributed by atoms with Gasteiger partial charge in [0, 0.05) is 13.2 Å². The lowest BCUT2D eigenvalue weighted by atomic mass is 9.82. The molecule has 1 aliphatic carbocycles. The van der Waals surface area contributed by atoms with Crippen LogP contribution in [0.15, 0.2) is 24.4 Å². The van der Waals surface area contributed by atoms with Crippen molar-refractivity contribution in [2.24, 2.45) is 7.05 Å². The monoisotopic (exact) mass is 371 g/mol. The van der Waals surface area contributed by atoms with Gasteiger partial charge in [0.05, 0.1) is 11.2 Å². The number of rotatable bonds is 4. The molecule has 4 rings (SSSR count). The SMILES string of the molecule is Cn1cccc1-c1cc(C(=O)NC2(c3nnc(N)s3)CCCCC2)[nH]n1. The highest BCUT2D eigenvalue weighted by Crippen LogP contribution is 2.39. The van der Waals surface area contributed by atoms with E-state index < -0.39 is 5.54 Å². The highest BCUT2D eigenvalue weighted by molar-refractivity contribution is 7.15. The molecule has 1 saturated carbocycles. The fraction of sp³-hybridized carbons (Fsp3) is 0.412.